The van der Waals surface area contributed by atoms with E-state index in [1.807, 2.05) is 12.1 Å². The molecule has 1 fully saturated rings. The smallest absolute Gasteiger partial charge is 0.227 e. The minimum Gasteiger partial charge on any atom is -0.486 e. The van der Waals surface area contributed by atoms with E-state index in [-0.39, 0.29) is 17.7 Å². The fourth-order valence-electron chi connectivity index (χ4n) is 3.17. The summed E-state index contributed by atoms with van der Waals surface area (Å²) < 4.78 is 5.75. The molecule has 140 valence electrons. The van der Waals surface area contributed by atoms with Crippen LogP contribution in [-0.4, -0.2) is 27.1 Å². The number of aromatic amines is 1. The molecule has 2 N–H and O–H groups in total. The highest BCUT2D eigenvalue weighted by Crippen LogP contribution is 2.24. The first-order chi connectivity index (χ1) is 12.4. The second kappa shape index (κ2) is 7.89. The summed E-state index contributed by atoms with van der Waals surface area (Å²) in [5.74, 6) is 1.90. The third-order valence-corrected chi connectivity index (χ3v) is 4.71. The molecule has 6 heteroatoms. The molecule has 3 rings (SSSR count). The van der Waals surface area contributed by atoms with Crippen LogP contribution in [0.3, 0.4) is 0 Å². The average Bonchev–Trinajstić information content (AvgIpc) is 3.24. The minimum absolute atomic E-state index is 0.0128. The second-order valence-corrected chi connectivity index (χ2v) is 7.99. The van der Waals surface area contributed by atoms with Crippen molar-refractivity contribution < 1.29 is 9.53 Å². The SMILES string of the molecule is CC(C)(C)c1ccc(OCc2nc(CC(=O)NC3CCCC3)n[nH]2)cc1. The van der Waals surface area contributed by atoms with Crippen molar-refractivity contribution in [3.05, 3.63) is 41.5 Å². The number of nitrogens with one attached hydrogen (secondary N) is 2. The van der Waals surface area contributed by atoms with Crippen LogP contribution in [0.15, 0.2) is 24.3 Å². The summed E-state index contributed by atoms with van der Waals surface area (Å²) in [6.07, 6.45) is 4.75. The van der Waals surface area contributed by atoms with E-state index >= 15 is 0 Å². The predicted molar refractivity (Wildman–Crippen MR) is 100.0 cm³/mol. The summed E-state index contributed by atoms with van der Waals surface area (Å²) in [4.78, 5) is 16.4. The summed E-state index contributed by atoms with van der Waals surface area (Å²) in [6, 6.07) is 8.41. The van der Waals surface area contributed by atoms with Gasteiger partial charge < -0.3 is 10.1 Å². The Labute approximate surface area is 154 Å². The van der Waals surface area contributed by atoms with Crippen LogP contribution in [-0.2, 0) is 23.2 Å². The molecule has 0 radical (unpaired) electrons. The number of hydrogen-bond donors (Lipinski definition) is 2. The molecule has 1 aliphatic carbocycles. The van der Waals surface area contributed by atoms with E-state index in [0.29, 0.717) is 24.3 Å². The average molecular weight is 356 g/mol. The Hall–Kier alpha value is -2.37. The summed E-state index contributed by atoms with van der Waals surface area (Å²) in [6.45, 7) is 6.84. The summed E-state index contributed by atoms with van der Waals surface area (Å²) >= 11 is 0. The van der Waals surface area contributed by atoms with E-state index in [0.717, 1.165) is 18.6 Å². The number of hydrogen-bond acceptors (Lipinski definition) is 4. The standard InChI is InChI=1S/C20H28N4O2/c1-20(2,3)14-8-10-16(11-9-14)26-13-18-22-17(23-24-18)12-19(25)21-15-6-4-5-7-15/h8-11,15H,4-7,12-13H2,1-3H3,(H,21,25)(H,22,23,24). The Bertz CT molecular complexity index is 725. The number of rotatable bonds is 6. The van der Waals surface area contributed by atoms with Crippen LogP contribution in [0.4, 0.5) is 0 Å². The number of ether oxygens (including phenoxy) is 1. The molecule has 0 atom stereocenters. The van der Waals surface area contributed by atoms with Gasteiger partial charge in [-0.1, -0.05) is 45.7 Å². The fraction of sp³-hybridized carbons (Fsp3) is 0.550. The van der Waals surface area contributed by atoms with Crippen LogP contribution in [0.5, 0.6) is 5.75 Å². The monoisotopic (exact) mass is 356 g/mol. The summed E-state index contributed by atoms with van der Waals surface area (Å²) in [7, 11) is 0. The van der Waals surface area contributed by atoms with Crippen molar-refractivity contribution in [2.45, 2.75) is 70.9 Å². The van der Waals surface area contributed by atoms with Crippen LogP contribution in [0.1, 0.15) is 63.7 Å². The van der Waals surface area contributed by atoms with E-state index in [1.165, 1.54) is 18.4 Å². The normalized spacial score (nSPS) is 15.2. The molecule has 2 aromatic rings. The Balaban J connectivity index is 1.48. The molecule has 0 spiro atoms. The van der Waals surface area contributed by atoms with E-state index in [4.69, 9.17) is 4.74 Å². The molecule has 1 aromatic heterocycles. The zero-order valence-corrected chi connectivity index (χ0v) is 15.8. The van der Waals surface area contributed by atoms with Crippen LogP contribution in [0.25, 0.3) is 0 Å². The third-order valence-electron chi connectivity index (χ3n) is 4.71. The fourth-order valence-corrected chi connectivity index (χ4v) is 3.17. The van der Waals surface area contributed by atoms with Crippen LogP contribution in [0.2, 0.25) is 0 Å². The van der Waals surface area contributed by atoms with Crippen molar-refractivity contribution in [3.8, 4) is 5.75 Å². The number of carbonyl (C=O) groups excluding carboxylic acids is 1. The minimum atomic E-state index is -0.0128. The molecule has 0 saturated heterocycles. The number of nitrogens with zero attached hydrogens (tertiary/aromatic N) is 2. The van der Waals surface area contributed by atoms with E-state index in [1.54, 1.807) is 0 Å². The van der Waals surface area contributed by atoms with Gasteiger partial charge in [-0.3, -0.25) is 9.89 Å². The molecule has 1 aromatic carbocycles. The Morgan fingerprint density at radius 3 is 2.58 bits per heavy atom. The lowest BCUT2D eigenvalue weighted by Crippen LogP contribution is -2.33. The first-order valence-corrected chi connectivity index (χ1v) is 9.33. The zero-order chi connectivity index (χ0) is 18.6. The van der Waals surface area contributed by atoms with Gasteiger partial charge >= 0.3 is 0 Å². The molecular formula is C20H28N4O2. The van der Waals surface area contributed by atoms with E-state index < -0.39 is 0 Å². The molecular weight excluding hydrogens is 328 g/mol. The van der Waals surface area contributed by atoms with E-state index in [9.17, 15) is 4.79 Å². The van der Waals surface area contributed by atoms with E-state index in [2.05, 4.69) is 53.4 Å². The summed E-state index contributed by atoms with van der Waals surface area (Å²) in [5, 5.41) is 10.0. The maximum Gasteiger partial charge on any atom is 0.227 e. The van der Waals surface area contributed by atoms with Gasteiger partial charge in [0.25, 0.3) is 0 Å². The molecule has 1 aliphatic rings. The van der Waals surface area contributed by atoms with Crippen LogP contribution < -0.4 is 10.1 Å². The number of H-pyrrole nitrogens is 1. The highest BCUT2D eigenvalue weighted by Gasteiger charge is 2.18. The molecule has 26 heavy (non-hydrogen) atoms. The highest BCUT2D eigenvalue weighted by molar-refractivity contribution is 5.78. The van der Waals surface area contributed by atoms with Gasteiger partial charge in [-0.2, -0.15) is 5.10 Å². The molecule has 0 bridgehead atoms. The number of carbonyl (C=O) groups is 1. The predicted octanol–water partition coefficient (Wildman–Crippen LogP) is 3.28. The molecule has 0 unspecified atom stereocenters. The number of aromatic nitrogens is 3. The van der Waals surface area contributed by atoms with Crippen molar-refractivity contribution in [2.75, 3.05) is 0 Å². The topological polar surface area (TPSA) is 79.9 Å². The van der Waals surface area contributed by atoms with Gasteiger partial charge in [0.05, 0.1) is 6.42 Å². The first-order valence-electron chi connectivity index (χ1n) is 9.33. The molecule has 1 amide bonds. The number of amides is 1. The van der Waals surface area contributed by atoms with Gasteiger partial charge in [-0.15, -0.1) is 0 Å². The maximum atomic E-state index is 12.0. The lowest BCUT2D eigenvalue weighted by Gasteiger charge is -2.19. The van der Waals surface area contributed by atoms with Crippen molar-refractivity contribution in [3.63, 3.8) is 0 Å². The van der Waals surface area contributed by atoms with Gasteiger partial charge in [0, 0.05) is 6.04 Å². The number of benzene rings is 1. The quantitative estimate of drug-likeness (QED) is 0.832. The summed E-state index contributed by atoms with van der Waals surface area (Å²) in [5.41, 5.74) is 1.39. The van der Waals surface area contributed by atoms with Crippen LogP contribution in [0, 0.1) is 0 Å². The van der Waals surface area contributed by atoms with Gasteiger partial charge in [0.15, 0.2) is 11.6 Å². The van der Waals surface area contributed by atoms with Gasteiger partial charge in [0.1, 0.15) is 12.4 Å². The van der Waals surface area contributed by atoms with Crippen LogP contribution >= 0.6 is 0 Å². The second-order valence-electron chi connectivity index (χ2n) is 7.99. The lowest BCUT2D eigenvalue weighted by atomic mass is 9.87. The van der Waals surface area contributed by atoms with Crippen molar-refractivity contribution in [2.24, 2.45) is 0 Å². The van der Waals surface area contributed by atoms with Crippen molar-refractivity contribution in [1.29, 1.82) is 0 Å². The van der Waals surface area contributed by atoms with Gasteiger partial charge in [-0.25, -0.2) is 4.98 Å². The zero-order valence-electron chi connectivity index (χ0n) is 15.8. The molecule has 1 saturated carbocycles. The van der Waals surface area contributed by atoms with Gasteiger partial charge in [0.2, 0.25) is 5.91 Å². The Morgan fingerprint density at radius 1 is 1.23 bits per heavy atom. The molecule has 1 heterocycles. The first kappa shape index (κ1) is 18.4. The highest BCUT2D eigenvalue weighted by atomic mass is 16.5. The van der Waals surface area contributed by atoms with Crippen molar-refractivity contribution >= 4 is 5.91 Å². The van der Waals surface area contributed by atoms with Gasteiger partial charge in [-0.05, 0) is 36.0 Å². The van der Waals surface area contributed by atoms with Crippen molar-refractivity contribution in [1.82, 2.24) is 20.5 Å². The molecule has 0 aliphatic heterocycles. The lowest BCUT2D eigenvalue weighted by molar-refractivity contribution is -0.121. The maximum absolute atomic E-state index is 12.0. The largest absolute Gasteiger partial charge is 0.486 e. The Kier molecular flexibility index (Phi) is 5.59. The third kappa shape index (κ3) is 5.07. The Morgan fingerprint density at radius 2 is 1.92 bits per heavy atom. The molecule has 6 nitrogen and oxygen atoms in total.